The van der Waals surface area contributed by atoms with Crippen molar-refractivity contribution in [1.82, 2.24) is 4.98 Å². The van der Waals surface area contributed by atoms with Gasteiger partial charge in [-0.1, -0.05) is 0 Å². The summed E-state index contributed by atoms with van der Waals surface area (Å²) in [6, 6.07) is 2.66. The molecule has 0 saturated carbocycles. The van der Waals surface area contributed by atoms with Crippen LogP contribution in [0, 0.1) is 0 Å². The van der Waals surface area contributed by atoms with Crippen molar-refractivity contribution in [1.29, 1.82) is 0 Å². The first-order valence-electron chi connectivity index (χ1n) is 4.19. The zero-order chi connectivity index (χ0) is 12.2. The molecule has 0 atom stereocenters. The lowest BCUT2D eigenvalue weighted by Gasteiger charge is -2.10. The number of alkyl halides is 3. The summed E-state index contributed by atoms with van der Waals surface area (Å²) in [5.74, 6) is 0. The van der Waals surface area contributed by atoms with Gasteiger partial charge in [0.1, 0.15) is 0 Å². The monoisotopic (exact) mass is 230 g/mol. The first-order valence-corrected chi connectivity index (χ1v) is 4.19. The van der Waals surface area contributed by atoms with Crippen LogP contribution in [0.1, 0.15) is 0 Å². The third kappa shape index (κ3) is 2.97. The fraction of sp³-hybridized carbons (Fsp3) is 0.111. The van der Waals surface area contributed by atoms with Crippen molar-refractivity contribution in [3.63, 3.8) is 0 Å². The second-order valence-corrected chi connectivity index (χ2v) is 2.79. The van der Waals surface area contributed by atoms with Gasteiger partial charge >= 0.3 is 6.18 Å². The Morgan fingerprint density at radius 3 is 2.31 bits per heavy atom. The van der Waals surface area contributed by atoms with Crippen molar-refractivity contribution in [2.45, 2.75) is 6.18 Å². The summed E-state index contributed by atoms with van der Waals surface area (Å²) in [7, 11) is 0. The fourth-order valence-corrected chi connectivity index (χ4v) is 0.918. The Hall–Kier alpha value is -2.05. The number of nitrogens with zero attached hydrogens (tertiary/aromatic N) is 2. The average molecular weight is 230 g/mol. The maximum Gasteiger partial charge on any atom is 0.435 e. The lowest BCUT2D eigenvalue weighted by atomic mass is 10.2. The van der Waals surface area contributed by atoms with Gasteiger partial charge in [-0.25, -0.2) is 4.99 Å². The molecule has 0 radical (unpaired) electrons. The quantitative estimate of drug-likeness (QED) is 0.755. The third-order valence-corrected chi connectivity index (χ3v) is 1.63. The molecule has 86 valence electrons. The first-order chi connectivity index (χ1) is 7.45. The molecule has 0 spiro atoms. The van der Waals surface area contributed by atoms with E-state index >= 15 is 0 Å². The van der Waals surface area contributed by atoms with Crippen LogP contribution in [0.25, 0.3) is 0 Å². The molecule has 1 aromatic heterocycles. The van der Waals surface area contributed by atoms with Crippen LogP contribution < -0.4 is 11.5 Å². The highest BCUT2D eigenvalue weighted by atomic mass is 19.4. The van der Waals surface area contributed by atoms with E-state index in [4.69, 9.17) is 11.5 Å². The molecule has 0 aromatic carbocycles. The number of rotatable bonds is 2. The minimum atomic E-state index is -4.65. The molecular formula is C9H9F3N4. The van der Waals surface area contributed by atoms with Gasteiger partial charge < -0.3 is 11.5 Å². The van der Waals surface area contributed by atoms with Gasteiger partial charge in [0, 0.05) is 18.6 Å². The fourth-order valence-electron chi connectivity index (χ4n) is 0.918. The Bertz CT molecular complexity index is 409. The number of hydrogen-bond acceptors (Lipinski definition) is 4. The first kappa shape index (κ1) is 12.0. The van der Waals surface area contributed by atoms with E-state index in [1.807, 2.05) is 0 Å². The number of hydrogen-bond donors (Lipinski definition) is 2. The van der Waals surface area contributed by atoms with Crippen LogP contribution in [0.5, 0.6) is 0 Å². The molecule has 0 fully saturated rings. The van der Waals surface area contributed by atoms with Crippen LogP contribution in [0.4, 0.5) is 18.9 Å². The predicted octanol–water partition coefficient (Wildman–Crippen LogP) is 1.48. The van der Waals surface area contributed by atoms with Gasteiger partial charge in [-0.2, -0.15) is 13.2 Å². The lowest BCUT2D eigenvalue weighted by Crippen LogP contribution is -2.29. The molecule has 1 rings (SSSR count). The minimum Gasteiger partial charge on any atom is -0.403 e. The van der Waals surface area contributed by atoms with Gasteiger partial charge in [-0.05, 0) is 12.1 Å². The predicted molar refractivity (Wildman–Crippen MR) is 53.8 cm³/mol. The van der Waals surface area contributed by atoms with E-state index in [1.54, 1.807) is 0 Å². The number of halogens is 3. The third-order valence-electron chi connectivity index (χ3n) is 1.63. The molecule has 0 saturated heterocycles. The Morgan fingerprint density at radius 2 is 1.88 bits per heavy atom. The molecule has 0 aliphatic heterocycles. The largest absolute Gasteiger partial charge is 0.435 e. The summed E-state index contributed by atoms with van der Waals surface area (Å²) in [4.78, 5) is 7.04. The number of allylic oxidation sites excluding steroid dienone is 1. The Morgan fingerprint density at radius 1 is 1.31 bits per heavy atom. The molecule has 0 unspecified atom stereocenters. The van der Waals surface area contributed by atoms with E-state index in [0.717, 1.165) is 0 Å². The zero-order valence-electron chi connectivity index (χ0n) is 8.07. The summed E-state index contributed by atoms with van der Waals surface area (Å²) in [5.41, 5.74) is 8.33. The topological polar surface area (TPSA) is 77.3 Å². The van der Waals surface area contributed by atoms with Crippen LogP contribution in [0.15, 0.2) is 41.4 Å². The summed E-state index contributed by atoms with van der Waals surface area (Å²) >= 11 is 0. The van der Waals surface area contributed by atoms with E-state index in [2.05, 4.69) is 9.98 Å². The Kier molecular flexibility index (Phi) is 3.49. The maximum atomic E-state index is 12.5. The van der Waals surface area contributed by atoms with Crippen LogP contribution >= 0.6 is 0 Å². The highest BCUT2D eigenvalue weighted by Crippen LogP contribution is 2.23. The molecule has 1 heterocycles. The van der Waals surface area contributed by atoms with Crippen molar-refractivity contribution in [3.8, 4) is 0 Å². The zero-order valence-corrected chi connectivity index (χ0v) is 8.07. The van der Waals surface area contributed by atoms with Gasteiger partial charge in [-0.15, -0.1) is 0 Å². The number of nitrogens with two attached hydrogens (primary N) is 2. The highest BCUT2D eigenvalue weighted by molar-refractivity contribution is 6.04. The van der Waals surface area contributed by atoms with Gasteiger partial charge in [0.2, 0.25) is 0 Å². The molecule has 16 heavy (non-hydrogen) atoms. The molecule has 4 N–H and O–H groups in total. The van der Waals surface area contributed by atoms with Crippen molar-refractivity contribution < 1.29 is 13.2 Å². The van der Waals surface area contributed by atoms with Gasteiger partial charge in [0.25, 0.3) is 0 Å². The van der Waals surface area contributed by atoms with Gasteiger partial charge in [0.05, 0.1) is 11.4 Å². The van der Waals surface area contributed by atoms with E-state index < -0.39 is 17.6 Å². The Balaban J connectivity index is 3.18. The van der Waals surface area contributed by atoms with E-state index in [9.17, 15) is 13.2 Å². The molecular weight excluding hydrogens is 221 g/mol. The smallest absolute Gasteiger partial charge is 0.403 e. The van der Waals surface area contributed by atoms with Crippen molar-refractivity contribution in [2.75, 3.05) is 0 Å². The summed E-state index contributed by atoms with van der Waals surface area (Å²) in [6.07, 6.45) is -1.33. The molecule has 0 bridgehead atoms. The van der Waals surface area contributed by atoms with Crippen LogP contribution in [-0.2, 0) is 0 Å². The summed E-state index contributed by atoms with van der Waals surface area (Å²) in [5, 5.41) is 0. The molecule has 0 aliphatic carbocycles. The molecule has 0 aliphatic rings. The number of aliphatic imine (C=N–C) groups is 1. The minimum absolute atomic E-state index is 0.104. The van der Waals surface area contributed by atoms with Gasteiger partial charge in [-0.3, -0.25) is 4.98 Å². The second kappa shape index (κ2) is 4.65. The summed E-state index contributed by atoms with van der Waals surface area (Å²) < 4.78 is 37.6. The van der Waals surface area contributed by atoms with Crippen molar-refractivity contribution in [2.24, 2.45) is 16.5 Å². The average Bonchev–Trinajstić information content (AvgIpc) is 2.25. The Labute approximate surface area is 89.5 Å². The van der Waals surface area contributed by atoms with Crippen LogP contribution in [-0.4, -0.2) is 16.9 Å². The van der Waals surface area contributed by atoms with Gasteiger partial charge in [0.15, 0.2) is 5.71 Å². The molecule has 7 heteroatoms. The van der Waals surface area contributed by atoms with E-state index in [1.165, 1.54) is 24.5 Å². The van der Waals surface area contributed by atoms with Crippen LogP contribution in [0.2, 0.25) is 0 Å². The molecule has 4 nitrogen and oxygen atoms in total. The summed E-state index contributed by atoms with van der Waals surface area (Å²) in [6.45, 7) is 0. The highest BCUT2D eigenvalue weighted by Gasteiger charge is 2.37. The standard InChI is InChI=1S/C9H9F3N4/c10-9(11,12)8(7(14)5-13)16-6-1-3-15-4-2-6/h1-5H,13-14H2/b7-5+,16-8?. The normalized spacial score (nSPS) is 13.9. The van der Waals surface area contributed by atoms with Crippen molar-refractivity contribution in [3.05, 3.63) is 36.4 Å². The van der Waals surface area contributed by atoms with Crippen LogP contribution in [0.3, 0.4) is 0 Å². The number of aromatic nitrogens is 1. The number of pyridine rings is 1. The lowest BCUT2D eigenvalue weighted by molar-refractivity contribution is -0.0582. The van der Waals surface area contributed by atoms with Crippen molar-refractivity contribution >= 4 is 11.4 Å². The van der Waals surface area contributed by atoms with E-state index in [-0.39, 0.29) is 5.69 Å². The second-order valence-electron chi connectivity index (χ2n) is 2.79. The van der Waals surface area contributed by atoms with E-state index in [0.29, 0.717) is 6.20 Å². The molecule has 0 amide bonds. The maximum absolute atomic E-state index is 12.5. The molecule has 1 aromatic rings. The SMILES string of the molecule is N/C=C(/N)C(=Nc1ccncc1)C(F)(F)F.